The van der Waals surface area contributed by atoms with E-state index in [2.05, 4.69) is 0 Å². The number of aliphatic hydroxyl groups is 1. The molecule has 16 heavy (non-hydrogen) atoms. The molecule has 2 atom stereocenters. The second-order valence-corrected chi connectivity index (χ2v) is 4.25. The molecule has 0 radical (unpaired) electrons. The lowest BCUT2D eigenvalue weighted by atomic mass is 10.1. The zero-order valence-electron chi connectivity index (χ0n) is 9.33. The quantitative estimate of drug-likeness (QED) is 0.807. The Morgan fingerprint density at radius 3 is 2.75 bits per heavy atom. The molecule has 1 fully saturated rings. The molecular weight excluding hydrogens is 223 g/mol. The number of alkyl halides is 3. The lowest BCUT2D eigenvalue weighted by molar-refractivity contribution is -0.139. The molecule has 0 aromatic heterocycles. The van der Waals surface area contributed by atoms with E-state index in [1.165, 1.54) is 0 Å². The standard InChI is InChI=1S/C10H18F3NO2/c1-14-5-6-16-9(7-14)8(15)3-2-4-10(11,12)13/h8-9,15H,2-7H2,1H3. The van der Waals surface area contributed by atoms with E-state index in [9.17, 15) is 18.3 Å². The van der Waals surface area contributed by atoms with Crippen LogP contribution in [-0.2, 0) is 4.74 Å². The highest BCUT2D eigenvalue weighted by Gasteiger charge is 2.29. The molecule has 2 unspecified atom stereocenters. The van der Waals surface area contributed by atoms with Crippen molar-refractivity contribution in [3.8, 4) is 0 Å². The lowest BCUT2D eigenvalue weighted by Gasteiger charge is -2.33. The first-order valence-corrected chi connectivity index (χ1v) is 5.43. The van der Waals surface area contributed by atoms with Crippen LogP contribution in [0.1, 0.15) is 19.3 Å². The van der Waals surface area contributed by atoms with Gasteiger partial charge in [-0.3, -0.25) is 0 Å². The van der Waals surface area contributed by atoms with Crippen LogP contribution in [0.5, 0.6) is 0 Å². The molecule has 0 bridgehead atoms. The molecule has 0 aromatic carbocycles. The summed E-state index contributed by atoms with van der Waals surface area (Å²) in [4.78, 5) is 2.00. The van der Waals surface area contributed by atoms with Crippen molar-refractivity contribution in [3.05, 3.63) is 0 Å². The first kappa shape index (κ1) is 13.7. The molecule has 0 saturated carbocycles. The largest absolute Gasteiger partial charge is 0.390 e. The van der Waals surface area contributed by atoms with Crippen molar-refractivity contribution in [2.24, 2.45) is 0 Å². The first-order chi connectivity index (χ1) is 7.38. The summed E-state index contributed by atoms with van der Waals surface area (Å²) >= 11 is 0. The molecule has 0 amide bonds. The van der Waals surface area contributed by atoms with Gasteiger partial charge in [0.2, 0.25) is 0 Å². The van der Waals surface area contributed by atoms with Crippen molar-refractivity contribution in [2.75, 3.05) is 26.7 Å². The average molecular weight is 241 g/mol. The smallest absolute Gasteiger partial charge is 0.389 e. The van der Waals surface area contributed by atoms with Crippen molar-refractivity contribution < 1.29 is 23.0 Å². The Balaban J connectivity index is 2.21. The molecular formula is C10H18F3NO2. The summed E-state index contributed by atoms with van der Waals surface area (Å²) in [5.41, 5.74) is 0. The van der Waals surface area contributed by atoms with Gasteiger partial charge >= 0.3 is 6.18 Å². The normalized spacial score (nSPS) is 25.7. The zero-order chi connectivity index (χ0) is 12.2. The number of rotatable bonds is 4. The summed E-state index contributed by atoms with van der Waals surface area (Å²) in [6, 6.07) is 0. The van der Waals surface area contributed by atoms with Crippen molar-refractivity contribution in [2.45, 2.75) is 37.6 Å². The fraction of sp³-hybridized carbons (Fsp3) is 1.00. The van der Waals surface area contributed by atoms with E-state index in [-0.39, 0.29) is 18.9 Å². The summed E-state index contributed by atoms with van der Waals surface area (Å²) in [6.07, 6.45) is -6.04. The van der Waals surface area contributed by atoms with Crippen molar-refractivity contribution in [3.63, 3.8) is 0 Å². The maximum absolute atomic E-state index is 11.9. The predicted molar refractivity (Wildman–Crippen MR) is 53.1 cm³/mol. The second kappa shape index (κ2) is 5.84. The number of hydrogen-bond donors (Lipinski definition) is 1. The molecule has 0 aliphatic carbocycles. The van der Waals surface area contributed by atoms with Gasteiger partial charge in [-0.25, -0.2) is 0 Å². The molecule has 3 nitrogen and oxygen atoms in total. The fourth-order valence-corrected chi connectivity index (χ4v) is 1.74. The fourth-order valence-electron chi connectivity index (χ4n) is 1.74. The Labute approximate surface area is 93.2 Å². The van der Waals surface area contributed by atoms with Crippen LogP contribution in [0, 0.1) is 0 Å². The first-order valence-electron chi connectivity index (χ1n) is 5.43. The SMILES string of the molecule is CN1CCOC(C(O)CCCC(F)(F)F)C1. The maximum Gasteiger partial charge on any atom is 0.389 e. The van der Waals surface area contributed by atoms with Gasteiger partial charge in [0.05, 0.1) is 18.8 Å². The highest BCUT2D eigenvalue weighted by Crippen LogP contribution is 2.23. The van der Waals surface area contributed by atoms with Gasteiger partial charge in [0, 0.05) is 19.5 Å². The van der Waals surface area contributed by atoms with Gasteiger partial charge in [-0.2, -0.15) is 13.2 Å². The van der Waals surface area contributed by atoms with Crippen LogP contribution in [0.25, 0.3) is 0 Å². The summed E-state index contributed by atoms with van der Waals surface area (Å²) in [5, 5.41) is 9.67. The van der Waals surface area contributed by atoms with Crippen LogP contribution >= 0.6 is 0 Å². The number of likely N-dealkylation sites (N-methyl/N-ethyl adjacent to an activating group) is 1. The van der Waals surface area contributed by atoms with Crippen molar-refractivity contribution in [1.82, 2.24) is 4.90 Å². The van der Waals surface area contributed by atoms with E-state index in [0.29, 0.717) is 13.2 Å². The van der Waals surface area contributed by atoms with Crippen LogP contribution in [0.4, 0.5) is 13.2 Å². The minimum absolute atomic E-state index is 0.0474. The molecule has 1 rings (SSSR count). The topological polar surface area (TPSA) is 32.7 Å². The Kier molecular flexibility index (Phi) is 5.01. The molecule has 6 heteroatoms. The van der Waals surface area contributed by atoms with E-state index in [0.717, 1.165) is 6.54 Å². The minimum atomic E-state index is -4.13. The van der Waals surface area contributed by atoms with Gasteiger partial charge in [-0.05, 0) is 19.9 Å². The molecule has 1 aliphatic heterocycles. The molecule has 1 N–H and O–H groups in total. The predicted octanol–water partition coefficient (Wildman–Crippen LogP) is 1.41. The monoisotopic (exact) mass is 241 g/mol. The van der Waals surface area contributed by atoms with Crippen LogP contribution in [-0.4, -0.2) is 55.1 Å². The second-order valence-electron chi connectivity index (χ2n) is 4.25. The van der Waals surface area contributed by atoms with Crippen LogP contribution in [0.15, 0.2) is 0 Å². The summed E-state index contributed by atoms with van der Waals surface area (Å²) in [5.74, 6) is 0. The highest BCUT2D eigenvalue weighted by atomic mass is 19.4. The van der Waals surface area contributed by atoms with E-state index in [4.69, 9.17) is 4.74 Å². The summed E-state index contributed by atoms with van der Waals surface area (Å²) in [6.45, 7) is 1.90. The Bertz CT molecular complexity index is 211. The van der Waals surface area contributed by atoms with E-state index >= 15 is 0 Å². The minimum Gasteiger partial charge on any atom is -0.390 e. The number of nitrogens with zero attached hydrogens (tertiary/aromatic N) is 1. The third-order valence-electron chi connectivity index (χ3n) is 2.69. The number of halogens is 3. The third kappa shape index (κ3) is 5.14. The van der Waals surface area contributed by atoms with Gasteiger partial charge in [-0.15, -0.1) is 0 Å². The average Bonchev–Trinajstić information content (AvgIpc) is 2.15. The molecule has 1 heterocycles. The number of morpholine rings is 1. The van der Waals surface area contributed by atoms with Crippen molar-refractivity contribution >= 4 is 0 Å². The van der Waals surface area contributed by atoms with Gasteiger partial charge in [-0.1, -0.05) is 0 Å². The number of hydrogen-bond acceptors (Lipinski definition) is 3. The molecule has 1 aliphatic rings. The Morgan fingerprint density at radius 2 is 2.19 bits per heavy atom. The number of ether oxygens (including phenoxy) is 1. The van der Waals surface area contributed by atoms with Crippen LogP contribution in [0.2, 0.25) is 0 Å². The Morgan fingerprint density at radius 1 is 1.50 bits per heavy atom. The highest BCUT2D eigenvalue weighted by molar-refractivity contribution is 4.76. The van der Waals surface area contributed by atoms with Crippen LogP contribution < -0.4 is 0 Å². The van der Waals surface area contributed by atoms with Gasteiger partial charge < -0.3 is 14.7 Å². The lowest BCUT2D eigenvalue weighted by Crippen LogP contribution is -2.46. The Hall–Kier alpha value is -0.330. The zero-order valence-corrected chi connectivity index (χ0v) is 9.33. The molecule has 1 saturated heterocycles. The van der Waals surface area contributed by atoms with E-state index in [1.54, 1.807) is 0 Å². The van der Waals surface area contributed by atoms with Gasteiger partial charge in [0.25, 0.3) is 0 Å². The van der Waals surface area contributed by atoms with Gasteiger partial charge in [0.1, 0.15) is 0 Å². The maximum atomic E-state index is 11.9. The molecule has 0 spiro atoms. The summed E-state index contributed by atoms with van der Waals surface area (Å²) in [7, 11) is 1.90. The van der Waals surface area contributed by atoms with E-state index in [1.807, 2.05) is 11.9 Å². The molecule has 0 aromatic rings. The molecule has 96 valence electrons. The third-order valence-corrected chi connectivity index (χ3v) is 2.69. The summed E-state index contributed by atoms with van der Waals surface area (Å²) < 4.78 is 41.0. The van der Waals surface area contributed by atoms with Crippen LogP contribution in [0.3, 0.4) is 0 Å². The van der Waals surface area contributed by atoms with E-state index < -0.39 is 18.7 Å². The van der Waals surface area contributed by atoms with Crippen molar-refractivity contribution in [1.29, 1.82) is 0 Å². The number of aliphatic hydroxyl groups excluding tert-OH is 1. The van der Waals surface area contributed by atoms with Gasteiger partial charge in [0.15, 0.2) is 0 Å².